The lowest BCUT2D eigenvalue weighted by Crippen LogP contribution is -2.30. The highest BCUT2D eigenvalue weighted by Crippen LogP contribution is 2.10. The summed E-state index contributed by atoms with van der Waals surface area (Å²) in [7, 11) is 0. The van der Waals surface area contributed by atoms with Crippen LogP contribution in [0.15, 0.2) is 24.3 Å². The molecule has 1 unspecified atom stereocenters. The van der Waals surface area contributed by atoms with E-state index >= 15 is 0 Å². The third-order valence-electron chi connectivity index (χ3n) is 2.15. The van der Waals surface area contributed by atoms with Crippen LogP contribution in [0.1, 0.15) is 18.9 Å². The van der Waals surface area contributed by atoms with Gasteiger partial charge in [0.05, 0.1) is 6.04 Å². The number of carbonyl (C=O) groups excluding carboxylic acids is 1. The van der Waals surface area contributed by atoms with Crippen molar-refractivity contribution >= 4 is 17.4 Å². The van der Waals surface area contributed by atoms with E-state index in [1.165, 1.54) is 0 Å². The Labute approximate surface area is 89.1 Å². The van der Waals surface area contributed by atoms with Crippen LogP contribution in [0.3, 0.4) is 0 Å². The fourth-order valence-electron chi connectivity index (χ4n) is 1.16. The summed E-state index contributed by atoms with van der Waals surface area (Å²) in [6.07, 6.45) is 1.08. The molecule has 14 heavy (non-hydrogen) atoms. The summed E-state index contributed by atoms with van der Waals surface area (Å²) in [4.78, 5) is 11.5. The van der Waals surface area contributed by atoms with Crippen LogP contribution in [-0.4, -0.2) is 11.8 Å². The minimum atomic E-state index is -0.342. The predicted octanol–water partition coefficient (Wildman–Crippen LogP) is 2.19. The van der Waals surface area contributed by atoms with Crippen LogP contribution in [-0.2, 0) is 11.2 Å². The van der Waals surface area contributed by atoms with Crippen LogP contribution in [0.5, 0.6) is 0 Å². The highest BCUT2D eigenvalue weighted by molar-refractivity contribution is 6.30. The highest BCUT2D eigenvalue weighted by atomic mass is 35.5. The summed E-state index contributed by atoms with van der Waals surface area (Å²) in [6, 6.07) is 6.92. The van der Waals surface area contributed by atoms with Gasteiger partial charge in [0.2, 0.25) is 0 Å². The summed E-state index contributed by atoms with van der Waals surface area (Å²) < 4.78 is 0. The van der Waals surface area contributed by atoms with Crippen LogP contribution in [0.25, 0.3) is 0 Å². The number of rotatable bonds is 4. The van der Waals surface area contributed by atoms with Crippen LogP contribution in [0.4, 0.5) is 0 Å². The number of halogens is 1. The molecule has 1 aromatic rings. The molecule has 2 N–H and O–H groups in total. The number of hydrogen-bond acceptors (Lipinski definition) is 2. The molecule has 0 aliphatic heterocycles. The van der Waals surface area contributed by atoms with Gasteiger partial charge in [-0.1, -0.05) is 30.7 Å². The minimum Gasteiger partial charge on any atom is -0.322 e. The van der Waals surface area contributed by atoms with Crippen molar-refractivity contribution in [1.82, 2.24) is 0 Å². The fourth-order valence-corrected chi connectivity index (χ4v) is 1.29. The molecule has 1 aromatic carbocycles. The van der Waals surface area contributed by atoms with Crippen LogP contribution >= 0.6 is 11.6 Å². The second kappa shape index (κ2) is 5.13. The van der Waals surface area contributed by atoms with Gasteiger partial charge in [-0.15, -0.1) is 0 Å². The first-order chi connectivity index (χ1) is 6.63. The zero-order valence-electron chi connectivity index (χ0n) is 8.16. The van der Waals surface area contributed by atoms with Crippen molar-refractivity contribution in [3.05, 3.63) is 34.9 Å². The van der Waals surface area contributed by atoms with Crippen molar-refractivity contribution in [2.45, 2.75) is 25.8 Å². The van der Waals surface area contributed by atoms with Gasteiger partial charge in [0.15, 0.2) is 5.78 Å². The zero-order chi connectivity index (χ0) is 10.6. The molecule has 0 saturated carbocycles. The number of Topliss-reactive ketones (excluding diaryl/α,β-unsaturated/α-hetero) is 1. The maximum atomic E-state index is 11.5. The fraction of sp³-hybridized carbons (Fsp3) is 0.364. The van der Waals surface area contributed by atoms with Crippen molar-refractivity contribution in [2.75, 3.05) is 0 Å². The normalized spacial score (nSPS) is 12.5. The van der Waals surface area contributed by atoms with Crippen LogP contribution < -0.4 is 5.73 Å². The minimum absolute atomic E-state index is 0.0785. The molecule has 76 valence electrons. The van der Waals surface area contributed by atoms with Gasteiger partial charge in [0.25, 0.3) is 0 Å². The number of carbonyl (C=O) groups is 1. The van der Waals surface area contributed by atoms with E-state index < -0.39 is 0 Å². The number of nitrogens with two attached hydrogens (primary N) is 1. The smallest absolute Gasteiger partial charge is 0.153 e. The maximum Gasteiger partial charge on any atom is 0.153 e. The SMILES string of the molecule is CCC(N)C(=O)Cc1ccc(Cl)cc1. The summed E-state index contributed by atoms with van der Waals surface area (Å²) in [5, 5.41) is 0.681. The summed E-state index contributed by atoms with van der Waals surface area (Å²) >= 11 is 5.73. The number of hydrogen-bond donors (Lipinski definition) is 1. The third kappa shape index (κ3) is 3.13. The molecule has 0 spiro atoms. The molecule has 0 aliphatic rings. The van der Waals surface area contributed by atoms with E-state index in [0.29, 0.717) is 17.9 Å². The average Bonchev–Trinajstić information content (AvgIpc) is 2.20. The van der Waals surface area contributed by atoms with Crippen molar-refractivity contribution in [2.24, 2.45) is 5.73 Å². The van der Waals surface area contributed by atoms with Gasteiger partial charge in [-0.2, -0.15) is 0 Å². The Morgan fingerprint density at radius 1 is 1.43 bits per heavy atom. The quantitative estimate of drug-likeness (QED) is 0.830. The first-order valence-corrected chi connectivity index (χ1v) is 5.04. The van der Waals surface area contributed by atoms with Gasteiger partial charge in [0, 0.05) is 11.4 Å². The Bertz CT molecular complexity index is 308. The molecule has 0 aromatic heterocycles. The number of benzene rings is 1. The third-order valence-corrected chi connectivity index (χ3v) is 2.40. The van der Waals surface area contributed by atoms with Gasteiger partial charge >= 0.3 is 0 Å². The van der Waals surface area contributed by atoms with E-state index in [1.54, 1.807) is 12.1 Å². The second-order valence-electron chi connectivity index (χ2n) is 3.28. The predicted molar refractivity (Wildman–Crippen MR) is 58.4 cm³/mol. The maximum absolute atomic E-state index is 11.5. The zero-order valence-corrected chi connectivity index (χ0v) is 8.92. The molecule has 0 aliphatic carbocycles. The molecular formula is C11H14ClNO. The van der Waals surface area contributed by atoms with E-state index in [2.05, 4.69) is 0 Å². The van der Waals surface area contributed by atoms with Crippen molar-refractivity contribution < 1.29 is 4.79 Å². The van der Waals surface area contributed by atoms with Gasteiger partial charge in [-0.25, -0.2) is 0 Å². The molecular weight excluding hydrogens is 198 g/mol. The van der Waals surface area contributed by atoms with E-state index in [-0.39, 0.29) is 11.8 Å². The Morgan fingerprint density at radius 2 is 2.00 bits per heavy atom. The lowest BCUT2D eigenvalue weighted by Gasteiger charge is -2.07. The van der Waals surface area contributed by atoms with Gasteiger partial charge in [-0.3, -0.25) is 4.79 Å². The molecule has 1 rings (SSSR count). The molecule has 3 heteroatoms. The first-order valence-electron chi connectivity index (χ1n) is 4.66. The Kier molecular flexibility index (Phi) is 4.11. The van der Waals surface area contributed by atoms with Gasteiger partial charge in [-0.05, 0) is 24.1 Å². The van der Waals surface area contributed by atoms with Gasteiger partial charge in [0.1, 0.15) is 0 Å². The van der Waals surface area contributed by atoms with E-state index in [9.17, 15) is 4.79 Å². The van der Waals surface area contributed by atoms with E-state index in [1.807, 2.05) is 19.1 Å². The van der Waals surface area contributed by atoms with Crippen molar-refractivity contribution in [3.8, 4) is 0 Å². The molecule has 0 heterocycles. The Balaban J connectivity index is 2.60. The van der Waals surface area contributed by atoms with Gasteiger partial charge < -0.3 is 5.73 Å². The first kappa shape index (κ1) is 11.2. The molecule has 1 atom stereocenters. The van der Waals surface area contributed by atoms with Crippen LogP contribution in [0, 0.1) is 0 Å². The number of ketones is 1. The molecule has 0 bridgehead atoms. The molecule has 0 radical (unpaired) electrons. The average molecular weight is 212 g/mol. The Morgan fingerprint density at radius 3 is 2.50 bits per heavy atom. The summed E-state index contributed by atoms with van der Waals surface area (Å²) in [6.45, 7) is 1.91. The van der Waals surface area contributed by atoms with Crippen LogP contribution in [0.2, 0.25) is 5.02 Å². The molecule has 0 amide bonds. The molecule has 2 nitrogen and oxygen atoms in total. The summed E-state index contributed by atoms with van der Waals surface area (Å²) in [5.74, 6) is 0.0785. The molecule has 0 saturated heterocycles. The Hall–Kier alpha value is -0.860. The molecule has 0 fully saturated rings. The van der Waals surface area contributed by atoms with E-state index in [0.717, 1.165) is 5.56 Å². The largest absolute Gasteiger partial charge is 0.322 e. The van der Waals surface area contributed by atoms with Crippen molar-refractivity contribution in [1.29, 1.82) is 0 Å². The monoisotopic (exact) mass is 211 g/mol. The standard InChI is InChI=1S/C11H14ClNO/c1-2-10(13)11(14)7-8-3-5-9(12)6-4-8/h3-6,10H,2,7,13H2,1H3. The summed E-state index contributed by atoms with van der Waals surface area (Å²) in [5.41, 5.74) is 6.58. The van der Waals surface area contributed by atoms with E-state index in [4.69, 9.17) is 17.3 Å². The topological polar surface area (TPSA) is 43.1 Å². The lowest BCUT2D eigenvalue weighted by molar-refractivity contribution is -0.119. The highest BCUT2D eigenvalue weighted by Gasteiger charge is 2.11. The lowest BCUT2D eigenvalue weighted by atomic mass is 10.0. The van der Waals surface area contributed by atoms with Crippen molar-refractivity contribution in [3.63, 3.8) is 0 Å². The second-order valence-corrected chi connectivity index (χ2v) is 3.72.